The highest BCUT2D eigenvalue weighted by atomic mass is 16.5. The zero-order valence-corrected chi connectivity index (χ0v) is 19.5. The van der Waals surface area contributed by atoms with Gasteiger partial charge in [-0.2, -0.15) is 0 Å². The van der Waals surface area contributed by atoms with E-state index in [0.717, 1.165) is 5.75 Å². The molecule has 4 nitrogen and oxygen atoms in total. The van der Waals surface area contributed by atoms with Crippen LogP contribution in [0.4, 0.5) is 0 Å². The van der Waals surface area contributed by atoms with E-state index in [0.29, 0.717) is 25.3 Å². The third kappa shape index (κ3) is 7.08. The van der Waals surface area contributed by atoms with Crippen LogP contribution in [0.15, 0.2) is 48.5 Å². The predicted molar refractivity (Wildman–Crippen MR) is 123 cm³/mol. The summed E-state index contributed by atoms with van der Waals surface area (Å²) < 4.78 is 11.6. The number of rotatable bonds is 8. The normalized spacial score (nSPS) is 12.9. The van der Waals surface area contributed by atoms with E-state index in [2.05, 4.69) is 71.1 Å². The van der Waals surface area contributed by atoms with E-state index >= 15 is 0 Å². The van der Waals surface area contributed by atoms with E-state index in [4.69, 9.17) is 9.47 Å². The summed E-state index contributed by atoms with van der Waals surface area (Å²) in [6, 6.07) is 16.1. The second-order valence-corrected chi connectivity index (χ2v) is 9.70. The Hall–Kier alpha value is -2.49. The molecule has 30 heavy (non-hydrogen) atoms. The Kier molecular flexibility index (Phi) is 7.94. The van der Waals surface area contributed by atoms with Crippen molar-refractivity contribution in [3.05, 3.63) is 59.7 Å². The number of benzene rings is 2. The van der Waals surface area contributed by atoms with E-state index < -0.39 is 6.10 Å². The van der Waals surface area contributed by atoms with Gasteiger partial charge in [0.2, 0.25) is 0 Å². The summed E-state index contributed by atoms with van der Waals surface area (Å²) in [6.07, 6.45) is 0.0821. The first-order valence-electron chi connectivity index (χ1n) is 10.8. The Morgan fingerprint density at radius 2 is 1.30 bits per heavy atom. The number of carbonyl (C=O) groups is 1. The Morgan fingerprint density at radius 1 is 0.833 bits per heavy atom. The molecule has 1 atom stereocenters. The highest BCUT2D eigenvalue weighted by Crippen LogP contribution is 2.25. The summed E-state index contributed by atoms with van der Waals surface area (Å²) >= 11 is 0. The lowest BCUT2D eigenvalue weighted by atomic mass is 9.87. The topological polar surface area (TPSA) is 47.6 Å². The van der Waals surface area contributed by atoms with Crippen molar-refractivity contribution >= 4 is 5.91 Å². The molecular weight excluding hydrogens is 374 g/mol. The molecule has 0 spiro atoms. The molecule has 2 aromatic rings. The zero-order chi connectivity index (χ0) is 22.4. The van der Waals surface area contributed by atoms with Crippen LogP contribution in [-0.2, 0) is 15.6 Å². The summed E-state index contributed by atoms with van der Waals surface area (Å²) in [5.41, 5.74) is 2.71. The monoisotopic (exact) mass is 411 g/mol. The molecule has 1 amide bonds. The smallest absolute Gasteiger partial charge is 0.261 e. The van der Waals surface area contributed by atoms with Crippen molar-refractivity contribution < 1.29 is 14.3 Å². The van der Waals surface area contributed by atoms with Crippen LogP contribution >= 0.6 is 0 Å². The first-order chi connectivity index (χ1) is 14.0. The largest absolute Gasteiger partial charge is 0.492 e. The van der Waals surface area contributed by atoms with Gasteiger partial charge in [0.05, 0.1) is 6.54 Å². The van der Waals surface area contributed by atoms with Crippen LogP contribution in [0.25, 0.3) is 0 Å². The molecule has 0 bridgehead atoms. The van der Waals surface area contributed by atoms with Crippen molar-refractivity contribution in [3.63, 3.8) is 0 Å². The predicted octanol–water partition coefficient (Wildman–Crippen LogP) is 5.63. The summed E-state index contributed by atoms with van der Waals surface area (Å²) in [5, 5.41) is 2.91. The molecule has 0 radical (unpaired) electrons. The number of amides is 1. The molecule has 1 N–H and O–H groups in total. The fourth-order valence-corrected chi connectivity index (χ4v) is 3.03. The highest BCUT2D eigenvalue weighted by Gasteiger charge is 2.19. The molecule has 164 valence electrons. The van der Waals surface area contributed by atoms with E-state index in [1.54, 1.807) is 0 Å². The van der Waals surface area contributed by atoms with Crippen LogP contribution in [0.1, 0.15) is 66.0 Å². The Labute approximate surface area is 182 Å². The third-order valence-electron chi connectivity index (χ3n) is 5.05. The lowest BCUT2D eigenvalue weighted by Gasteiger charge is -2.21. The SMILES string of the molecule is CC[C@@H](Oc1ccc(C(C)(C)C)cc1)C(=O)NCCOc1ccc(C(C)(C)C)cc1. The highest BCUT2D eigenvalue weighted by molar-refractivity contribution is 5.81. The minimum Gasteiger partial charge on any atom is -0.492 e. The van der Waals surface area contributed by atoms with Crippen molar-refractivity contribution in [1.82, 2.24) is 5.32 Å². The standard InChI is InChI=1S/C26H37NO3/c1-8-23(30-22-15-11-20(12-16-22)26(5,6)7)24(28)27-17-18-29-21-13-9-19(10-14-21)25(2,3)4/h9-16,23H,8,17-18H2,1-7H3,(H,27,28)/t23-/m1/s1. The summed E-state index contributed by atoms with van der Waals surface area (Å²) in [7, 11) is 0. The van der Waals surface area contributed by atoms with Gasteiger partial charge in [0.1, 0.15) is 18.1 Å². The van der Waals surface area contributed by atoms with Crippen LogP contribution in [0, 0.1) is 0 Å². The average molecular weight is 412 g/mol. The van der Waals surface area contributed by atoms with Crippen LogP contribution in [-0.4, -0.2) is 25.2 Å². The molecule has 2 aromatic carbocycles. The Morgan fingerprint density at radius 3 is 1.73 bits per heavy atom. The second kappa shape index (κ2) is 10.0. The first-order valence-corrected chi connectivity index (χ1v) is 10.8. The lowest BCUT2D eigenvalue weighted by Crippen LogP contribution is -2.39. The molecular formula is C26H37NO3. The van der Waals surface area contributed by atoms with Gasteiger partial charge in [-0.05, 0) is 52.6 Å². The molecule has 4 heteroatoms. The fraction of sp³-hybridized carbons (Fsp3) is 0.500. The van der Waals surface area contributed by atoms with Crippen molar-refractivity contribution in [1.29, 1.82) is 0 Å². The average Bonchev–Trinajstić information content (AvgIpc) is 2.68. The molecule has 0 aliphatic heterocycles. The van der Waals surface area contributed by atoms with Gasteiger partial charge in [0.15, 0.2) is 6.10 Å². The van der Waals surface area contributed by atoms with E-state index in [-0.39, 0.29) is 16.7 Å². The molecule has 0 aromatic heterocycles. The molecule has 2 rings (SSSR count). The van der Waals surface area contributed by atoms with Gasteiger partial charge in [-0.3, -0.25) is 4.79 Å². The first kappa shape index (κ1) is 23.8. The fourth-order valence-electron chi connectivity index (χ4n) is 3.03. The van der Waals surface area contributed by atoms with Gasteiger partial charge in [0.25, 0.3) is 5.91 Å². The third-order valence-corrected chi connectivity index (χ3v) is 5.05. The van der Waals surface area contributed by atoms with Gasteiger partial charge in [-0.15, -0.1) is 0 Å². The molecule has 0 aliphatic carbocycles. The van der Waals surface area contributed by atoms with Gasteiger partial charge in [0, 0.05) is 0 Å². The molecule has 0 fully saturated rings. The van der Waals surface area contributed by atoms with E-state index in [1.165, 1.54) is 11.1 Å². The number of carbonyl (C=O) groups excluding carboxylic acids is 1. The van der Waals surface area contributed by atoms with Gasteiger partial charge < -0.3 is 14.8 Å². The maximum Gasteiger partial charge on any atom is 0.261 e. The van der Waals surface area contributed by atoms with Gasteiger partial charge >= 0.3 is 0 Å². The molecule has 0 heterocycles. The summed E-state index contributed by atoms with van der Waals surface area (Å²) in [5.74, 6) is 1.39. The van der Waals surface area contributed by atoms with Crippen molar-refractivity contribution in [2.45, 2.75) is 71.8 Å². The zero-order valence-electron chi connectivity index (χ0n) is 19.5. The van der Waals surface area contributed by atoms with Crippen molar-refractivity contribution in [2.75, 3.05) is 13.2 Å². The molecule has 0 unspecified atom stereocenters. The van der Waals surface area contributed by atoms with Gasteiger partial charge in [-0.1, -0.05) is 72.7 Å². The van der Waals surface area contributed by atoms with E-state index in [9.17, 15) is 4.79 Å². The molecule has 0 aliphatic rings. The van der Waals surface area contributed by atoms with Crippen LogP contribution in [0.3, 0.4) is 0 Å². The lowest BCUT2D eigenvalue weighted by molar-refractivity contribution is -0.128. The molecule has 0 saturated carbocycles. The minimum atomic E-state index is -0.517. The maximum absolute atomic E-state index is 12.5. The quantitative estimate of drug-likeness (QED) is 0.572. The number of hydrogen-bond donors (Lipinski definition) is 1. The molecule has 0 saturated heterocycles. The Balaban J connectivity index is 1.80. The number of ether oxygens (including phenoxy) is 2. The Bertz CT molecular complexity index is 796. The van der Waals surface area contributed by atoms with Crippen LogP contribution in [0.2, 0.25) is 0 Å². The minimum absolute atomic E-state index is 0.0904. The van der Waals surface area contributed by atoms with E-state index in [1.807, 2.05) is 31.2 Å². The second-order valence-electron chi connectivity index (χ2n) is 9.70. The number of nitrogens with one attached hydrogen (secondary N) is 1. The summed E-state index contributed by atoms with van der Waals surface area (Å²) in [6.45, 7) is 15.9. The van der Waals surface area contributed by atoms with Crippen LogP contribution in [0.5, 0.6) is 11.5 Å². The van der Waals surface area contributed by atoms with Crippen LogP contribution < -0.4 is 14.8 Å². The van der Waals surface area contributed by atoms with Gasteiger partial charge in [-0.25, -0.2) is 0 Å². The number of hydrogen-bond acceptors (Lipinski definition) is 3. The summed E-state index contributed by atoms with van der Waals surface area (Å²) in [4.78, 5) is 12.5. The van der Waals surface area contributed by atoms with Crippen molar-refractivity contribution in [3.8, 4) is 11.5 Å². The van der Waals surface area contributed by atoms with Crippen molar-refractivity contribution in [2.24, 2.45) is 0 Å². The maximum atomic E-state index is 12.5.